The van der Waals surface area contributed by atoms with Crippen molar-refractivity contribution in [3.8, 4) is 17.2 Å². The van der Waals surface area contributed by atoms with Gasteiger partial charge in [0.1, 0.15) is 45.6 Å². The molecule has 4 aromatic rings. The molecule has 0 aliphatic carbocycles. The zero-order valence-electron chi connectivity index (χ0n) is 16.1. The summed E-state index contributed by atoms with van der Waals surface area (Å²) < 4.78 is 10.8. The van der Waals surface area contributed by atoms with E-state index in [0.717, 1.165) is 0 Å². The zero-order valence-corrected chi connectivity index (χ0v) is 16.1. The van der Waals surface area contributed by atoms with Crippen molar-refractivity contribution in [2.24, 2.45) is 0 Å². The van der Waals surface area contributed by atoms with E-state index in [0.29, 0.717) is 38.8 Å². The molecular weight excluding hydrogens is 374 g/mol. The lowest BCUT2D eigenvalue weighted by molar-refractivity contribution is 0.0818. The van der Waals surface area contributed by atoms with Crippen LogP contribution < -0.4 is 14.8 Å². The van der Waals surface area contributed by atoms with Gasteiger partial charge in [0, 0.05) is 10.8 Å². The number of hydrogen-bond acceptors (Lipinski definition) is 7. The molecule has 8 nitrogen and oxygen atoms in total. The summed E-state index contributed by atoms with van der Waals surface area (Å²) in [4.78, 5) is 22.1. The first-order chi connectivity index (χ1) is 14.0. The van der Waals surface area contributed by atoms with Crippen LogP contribution in [0.1, 0.15) is 17.3 Å². The minimum Gasteiger partial charge on any atom is -0.506 e. The van der Waals surface area contributed by atoms with Gasteiger partial charge in [0.25, 0.3) is 5.91 Å². The van der Waals surface area contributed by atoms with Crippen LogP contribution in [0.3, 0.4) is 0 Å². The smallest absolute Gasteiger partial charge is 0.259 e. The number of carbonyl (C=O) groups excluding carboxylic acids is 1. The second-order valence-corrected chi connectivity index (χ2v) is 6.51. The van der Waals surface area contributed by atoms with Crippen LogP contribution in [0.25, 0.3) is 32.8 Å². The summed E-state index contributed by atoms with van der Waals surface area (Å²) in [7, 11) is 3.04. The minimum atomic E-state index is -1.11. The van der Waals surface area contributed by atoms with Gasteiger partial charge in [0.2, 0.25) is 0 Å². The van der Waals surface area contributed by atoms with Gasteiger partial charge in [-0.1, -0.05) is 24.3 Å². The van der Waals surface area contributed by atoms with Crippen molar-refractivity contribution in [3.63, 3.8) is 0 Å². The number of aliphatic hydroxyl groups excluding tert-OH is 1. The van der Waals surface area contributed by atoms with E-state index in [-0.39, 0.29) is 16.8 Å². The monoisotopic (exact) mass is 393 g/mol. The van der Waals surface area contributed by atoms with Gasteiger partial charge >= 0.3 is 0 Å². The number of hydrogen-bond donors (Lipinski definition) is 3. The summed E-state index contributed by atoms with van der Waals surface area (Å²) in [6, 6.07) is 10.5. The second-order valence-electron chi connectivity index (χ2n) is 6.51. The summed E-state index contributed by atoms with van der Waals surface area (Å²) in [5.41, 5.74) is 1.41. The quantitative estimate of drug-likeness (QED) is 0.277. The number of carbonyl (C=O) groups is 1. The highest BCUT2D eigenvalue weighted by Gasteiger charge is 2.24. The van der Waals surface area contributed by atoms with E-state index in [9.17, 15) is 15.0 Å². The first kappa shape index (κ1) is 18.7. The van der Waals surface area contributed by atoms with Crippen LogP contribution in [0.4, 0.5) is 0 Å². The third-order valence-corrected chi connectivity index (χ3v) is 4.67. The molecule has 1 heterocycles. The number of fused-ring (bicyclic) bond motifs is 4. The van der Waals surface area contributed by atoms with Crippen LogP contribution >= 0.6 is 0 Å². The summed E-state index contributed by atoms with van der Waals surface area (Å²) in [5, 5.41) is 23.9. The van der Waals surface area contributed by atoms with Gasteiger partial charge in [0.15, 0.2) is 0 Å². The first-order valence-electron chi connectivity index (χ1n) is 8.91. The highest BCUT2D eigenvalue weighted by atomic mass is 16.5. The number of aliphatic hydroxyl groups is 1. The Kier molecular flexibility index (Phi) is 4.56. The molecule has 1 aromatic heterocycles. The molecule has 3 N–H and O–H groups in total. The summed E-state index contributed by atoms with van der Waals surface area (Å²) in [6.07, 6.45) is -1.11. The number of nitrogens with one attached hydrogen (secondary N) is 1. The number of nitrogens with zero attached hydrogens (tertiary/aromatic N) is 2. The maximum Gasteiger partial charge on any atom is 0.259 e. The SMILES string of the molecule is COc1ccc(OC)c2nc3c(nc12)c(C(=O)NC(C)O)c(O)c1ccccc13. The Bertz CT molecular complexity index is 1270. The van der Waals surface area contributed by atoms with Gasteiger partial charge in [0.05, 0.1) is 19.7 Å². The maximum atomic E-state index is 12.8. The van der Waals surface area contributed by atoms with Gasteiger partial charge in [-0.05, 0) is 19.1 Å². The fourth-order valence-electron chi connectivity index (χ4n) is 3.40. The zero-order chi connectivity index (χ0) is 20.7. The summed E-state index contributed by atoms with van der Waals surface area (Å²) in [5.74, 6) is 0.0533. The Labute approximate surface area is 165 Å². The van der Waals surface area contributed by atoms with Crippen molar-refractivity contribution in [1.29, 1.82) is 0 Å². The standard InChI is InChI=1S/C21H19N3O5/c1-10(25)22-21(27)15-19-16(11-6-4-5-7-12(11)20(15)26)23-17-13(28-2)8-9-14(29-3)18(17)24-19/h4-10,25-26H,1-3H3,(H,22,27). The first-order valence-corrected chi connectivity index (χ1v) is 8.91. The molecule has 1 atom stereocenters. The molecule has 0 spiro atoms. The molecule has 3 aromatic carbocycles. The third kappa shape index (κ3) is 2.94. The molecule has 0 fully saturated rings. The molecule has 29 heavy (non-hydrogen) atoms. The maximum absolute atomic E-state index is 12.8. The fraction of sp³-hybridized carbons (Fsp3) is 0.190. The fourth-order valence-corrected chi connectivity index (χ4v) is 3.40. The largest absolute Gasteiger partial charge is 0.506 e. The predicted octanol–water partition coefficient (Wildman–Crippen LogP) is 2.73. The molecule has 0 radical (unpaired) electrons. The van der Waals surface area contributed by atoms with Crippen molar-refractivity contribution < 1.29 is 24.5 Å². The number of aromatic hydroxyl groups is 1. The lowest BCUT2D eigenvalue weighted by Gasteiger charge is -2.15. The number of phenols is 1. The lowest BCUT2D eigenvalue weighted by Crippen LogP contribution is -2.32. The van der Waals surface area contributed by atoms with Crippen LogP contribution in [-0.4, -0.2) is 46.5 Å². The Balaban J connectivity index is 2.22. The van der Waals surface area contributed by atoms with E-state index in [1.165, 1.54) is 21.1 Å². The van der Waals surface area contributed by atoms with E-state index in [4.69, 9.17) is 14.5 Å². The molecule has 0 bridgehead atoms. The minimum absolute atomic E-state index is 0.0705. The molecule has 0 aliphatic heterocycles. The molecule has 1 unspecified atom stereocenters. The topological polar surface area (TPSA) is 114 Å². The highest BCUT2D eigenvalue weighted by Crippen LogP contribution is 2.39. The molecule has 8 heteroatoms. The summed E-state index contributed by atoms with van der Waals surface area (Å²) in [6.45, 7) is 1.41. The van der Waals surface area contributed by atoms with Crippen molar-refractivity contribution in [1.82, 2.24) is 15.3 Å². The number of phenolic OH excluding ortho intramolecular Hbond substituents is 1. The molecule has 1 amide bonds. The second kappa shape index (κ2) is 7.06. The van der Waals surface area contributed by atoms with Crippen molar-refractivity contribution in [2.75, 3.05) is 14.2 Å². The normalized spacial score (nSPS) is 12.3. The number of ether oxygens (including phenoxy) is 2. The Hall–Kier alpha value is -3.65. The van der Waals surface area contributed by atoms with Crippen LogP contribution in [0.15, 0.2) is 36.4 Å². The number of rotatable bonds is 4. The molecular formula is C21H19N3O5. The van der Waals surface area contributed by atoms with Crippen LogP contribution in [0.5, 0.6) is 17.2 Å². The van der Waals surface area contributed by atoms with Crippen molar-refractivity contribution in [2.45, 2.75) is 13.2 Å². The van der Waals surface area contributed by atoms with E-state index in [1.54, 1.807) is 30.3 Å². The Morgan fingerprint density at radius 2 is 1.48 bits per heavy atom. The van der Waals surface area contributed by atoms with Gasteiger partial charge in [-0.3, -0.25) is 4.79 Å². The van der Waals surface area contributed by atoms with Crippen LogP contribution in [0, 0.1) is 0 Å². The highest BCUT2D eigenvalue weighted by molar-refractivity contribution is 6.19. The van der Waals surface area contributed by atoms with Gasteiger partial charge < -0.3 is 25.0 Å². The number of benzene rings is 3. The lowest BCUT2D eigenvalue weighted by atomic mass is 10.0. The number of amides is 1. The number of methoxy groups -OCH3 is 2. The Morgan fingerprint density at radius 1 is 0.931 bits per heavy atom. The van der Waals surface area contributed by atoms with Gasteiger partial charge in [-0.25, -0.2) is 9.97 Å². The number of aromatic nitrogens is 2. The van der Waals surface area contributed by atoms with E-state index in [1.807, 2.05) is 6.07 Å². The van der Waals surface area contributed by atoms with Crippen molar-refractivity contribution in [3.05, 3.63) is 42.0 Å². The van der Waals surface area contributed by atoms with Crippen molar-refractivity contribution >= 4 is 38.7 Å². The molecule has 148 valence electrons. The summed E-state index contributed by atoms with van der Waals surface area (Å²) >= 11 is 0. The van der Waals surface area contributed by atoms with E-state index >= 15 is 0 Å². The van der Waals surface area contributed by atoms with Gasteiger partial charge in [-0.2, -0.15) is 0 Å². The average Bonchev–Trinajstić information content (AvgIpc) is 2.71. The third-order valence-electron chi connectivity index (χ3n) is 4.67. The van der Waals surface area contributed by atoms with E-state index < -0.39 is 12.1 Å². The molecule has 4 rings (SSSR count). The Morgan fingerprint density at radius 3 is 2.03 bits per heavy atom. The van der Waals surface area contributed by atoms with Crippen LogP contribution in [-0.2, 0) is 0 Å². The van der Waals surface area contributed by atoms with Gasteiger partial charge in [-0.15, -0.1) is 0 Å². The average molecular weight is 393 g/mol. The van der Waals surface area contributed by atoms with Crippen LogP contribution in [0.2, 0.25) is 0 Å². The predicted molar refractivity (Wildman–Crippen MR) is 108 cm³/mol. The van der Waals surface area contributed by atoms with E-state index in [2.05, 4.69) is 10.3 Å². The molecule has 0 saturated carbocycles. The molecule has 0 aliphatic rings. The molecule has 0 saturated heterocycles.